The molecule has 0 aliphatic carbocycles. The molecule has 7 heteroatoms. The molecule has 1 atom stereocenters. The van der Waals surface area contributed by atoms with Crippen LogP contribution in [0.4, 0.5) is 0 Å². The van der Waals surface area contributed by atoms with Gasteiger partial charge in [0.15, 0.2) is 16.7 Å². The van der Waals surface area contributed by atoms with Crippen molar-refractivity contribution in [1.82, 2.24) is 19.7 Å². The third kappa shape index (κ3) is 5.11. The van der Waals surface area contributed by atoms with E-state index >= 15 is 0 Å². The van der Waals surface area contributed by atoms with Crippen LogP contribution in [0.1, 0.15) is 25.0 Å². The van der Waals surface area contributed by atoms with Crippen LogP contribution in [0.5, 0.6) is 0 Å². The van der Waals surface area contributed by atoms with Crippen LogP contribution in [-0.2, 0) is 24.4 Å². The van der Waals surface area contributed by atoms with Crippen molar-refractivity contribution in [3.63, 3.8) is 0 Å². The molecule has 4 rings (SSSR count). The zero-order chi connectivity index (χ0) is 22.3. The smallest absolute Gasteiger partial charge is 0.236 e. The first-order valence-electron chi connectivity index (χ1n) is 10.7. The van der Waals surface area contributed by atoms with Crippen LogP contribution in [0.15, 0.2) is 88.6 Å². The highest BCUT2D eigenvalue weighted by atomic mass is 32.2. The molecule has 0 aliphatic heterocycles. The molecule has 164 valence electrons. The largest absolute Gasteiger partial charge is 0.461 e. The first-order chi connectivity index (χ1) is 15.7. The number of benzene rings is 2. The van der Waals surface area contributed by atoms with Gasteiger partial charge in [0.05, 0.1) is 11.5 Å². The second-order valence-electron chi connectivity index (χ2n) is 7.45. The first-order valence-corrected chi connectivity index (χ1v) is 11.5. The Morgan fingerprint density at radius 1 is 0.969 bits per heavy atom. The maximum Gasteiger partial charge on any atom is 0.236 e. The van der Waals surface area contributed by atoms with Crippen LogP contribution < -0.4 is 0 Å². The molecule has 1 unspecified atom stereocenters. The van der Waals surface area contributed by atoms with Gasteiger partial charge in [-0.2, -0.15) is 0 Å². The van der Waals surface area contributed by atoms with Crippen molar-refractivity contribution in [3.05, 3.63) is 90.2 Å². The molecule has 0 fully saturated rings. The Morgan fingerprint density at radius 2 is 1.59 bits per heavy atom. The SMILES string of the molecule is CCn1c(SC(C)C(=O)N(Cc2ccccc2)Cc2ccccc2)nnc1-c1ccco1. The van der Waals surface area contributed by atoms with Gasteiger partial charge in [-0.15, -0.1) is 10.2 Å². The van der Waals surface area contributed by atoms with E-state index < -0.39 is 0 Å². The molecule has 0 bridgehead atoms. The third-order valence-electron chi connectivity index (χ3n) is 5.15. The average Bonchev–Trinajstić information content (AvgIpc) is 3.49. The monoisotopic (exact) mass is 446 g/mol. The van der Waals surface area contributed by atoms with Crippen molar-refractivity contribution in [1.29, 1.82) is 0 Å². The van der Waals surface area contributed by atoms with Gasteiger partial charge in [-0.05, 0) is 37.1 Å². The maximum absolute atomic E-state index is 13.5. The van der Waals surface area contributed by atoms with Gasteiger partial charge >= 0.3 is 0 Å². The lowest BCUT2D eigenvalue weighted by Gasteiger charge is -2.26. The molecule has 0 saturated heterocycles. The molecular formula is C25H26N4O2S. The summed E-state index contributed by atoms with van der Waals surface area (Å²) < 4.78 is 7.47. The minimum Gasteiger partial charge on any atom is -0.461 e. The fourth-order valence-corrected chi connectivity index (χ4v) is 4.53. The van der Waals surface area contributed by atoms with Gasteiger partial charge in [0.25, 0.3) is 0 Å². The van der Waals surface area contributed by atoms with Crippen LogP contribution in [-0.4, -0.2) is 30.8 Å². The molecule has 0 saturated carbocycles. The van der Waals surface area contributed by atoms with Gasteiger partial charge in [-0.25, -0.2) is 0 Å². The predicted molar refractivity (Wildman–Crippen MR) is 126 cm³/mol. The summed E-state index contributed by atoms with van der Waals surface area (Å²) in [6.07, 6.45) is 1.62. The summed E-state index contributed by atoms with van der Waals surface area (Å²) in [4.78, 5) is 15.4. The standard InChI is InChI=1S/C25H26N4O2S/c1-3-29-23(22-15-10-16-31-22)26-27-25(29)32-19(2)24(30)28(17-20-11-6-4-7-12-20)18-21-13-8-5-9-14-21/h4-16,19H,3,17-18H2,1-2H3. The fraction of sp³-hybridized carbons (Fsp3) is 0.240. The van der Waals surface area contributed by atoms with E-state index in [0.717, 1.165) is 11.1 Å². The third-order valence-corrected chi connectivity index (χ3v) is 6.22. The van der Waals surface area contributed by atoms with Gasteiger partial charge < -0.3 is 9.32 Å². The van der Waals surface area contributed by atoms with Gasteiger partial charge in [-0.3, -0.25) is 9.36 Å². The molecule has 0 spiro atoms. The van der Waals surface area contributed by atoms with Crippen LogP contribution in [0, 0.1) is 0 Å². The van der Waals surface area contributed by atoms with Crippen molar-refractivity contribution in [2.45, 2.75) is 43.9 Å². The number of nitrogens with zero attached hydrogens (tertiary/aromatic N) is 4. The van der Waals surface area contributed by atoms with Crippen molar-refractivity contribution < 1.29 is 9.21 Å². The first kappa shape index (κ1) is 21.9. The van der Waals surface area contributed by atoms with E-state index in [1.54, 1.807) is 6.26 Å². The Morgan fingerprint density at radius 3 is 2.12 bits per heavy atom. The summed E-state index contributed by atoms with van der Waals surface area (Å²) in [6, 6.07) is 23.8. The number of amides is 1. The van der Waals surface area contributed by atoms with Gasteiger partial charge in [0, 0.05) is 19.6 Å². The number of aromatic nitrogens is 3. The average molecular weight is 447 g/mol. The summed E-state index contributed by atoms with van der Waals surface area (Å²) in [5.74, 6) is 1.40. The second kappa shape index (κ2) is 10.3. The van der Waals surface area contributed by atoms with Gasteiger partial charge in [-0.1, -0.05) is 72.4 Å². The molecule has 2 heterocycles. The maximum atomic E-state index is 13.5. The lowest BCUT2D eigenvalue weighted by atomic mass is 10.1. The highest BCUT2D eigenvalue weighted by Crippen LogP contribution is 2.28. The Bertz CT molecular complexity index is 1090. The molecule has 2 aromatic carbocycles. The Kier molecular flexibility index (Phi) is 7.07. The van der Waals surface area contributed by atoms with E-state index in [1.807, 2.05) is 96.1 Å². The summed E-state index contributed by atoms with van der Waals surface area (Å²) in [6.45, 7) is 5.75. The number of hydrogen-bond donors (Lipinski definition) is 0. The number of thioether (sulfide) groups is 1. The number of furan rings is 1. The summed E-state index contributed by atoms with van der Waals surface area (Å²) in [7, 11) is 0. The van der Waals surface area contributed by atoms with E-state index in [-0.39, 0.29) is 11.2 Å². The fourth-order valence-electron chi connectivity index (χ4n) is 3.53. The molecule has 0 aliphatic rings. The van der Waals surface area contributed by atoms with Crippen molar-refractivity contribution in [2.24, 2.45) is 0 Å². The van der Waals surface area contributed by atoms with Gasteiger partial charge in [0.1, 0.15) is 0 Å². The molecule has 0 N–H and O–H groups in total. The van der Waals surface area contributed by atoms with E-state index in [9.17, 15) is 4.79 Å². The molecule has 32 heavy (non-hydrogen) atoms. The molecule has 0 radical (unpaired) electrons. The highest BCUT2D eigenvalue weighted by molar-refractivity contribution is 8.00. The van der Waals surface area contributed by atoms with Gasteiger partial charge in [0.2, 0.25) is 5.91 Å². The van der Waals surface area contributed by atoms with E-state index in [0.29, 0.717) is 36.4 Å². The predicted octanol–water partition coefficient (Wildman–Crippen LogP) is 5.27. The summed E-state index contributed by atoms with van der Waals surface area (Å²) in [5, 5.41) is 9.02. The zero-order valence-electron chi connectivity index (χ0n) is 18.2. The lowest BCUT2D eigenvalue weighted by Crippen LogP contribution is -2.35. The highest BCUT2D eigenvalue weighted by Gasteiger charge is 2.25. The number of rotatable bonds is 9. The van der Waals surface area contributed by atoms with Crippen LogP contribution in [0.2, 0.25) is 0 Å². The lowest BCUT2D eigenvalue weighted by molar-refractivity contribution is -0.131. The Balaban J connectivity index is 1.54. The van der Waals surface area contributed by atoms with E-state index in [2.05, 4.69) is 10.2 Å². The number of carbonyl (C=O) groups is 1. The van der Waals surface area contributed by atoms with E-state index in [1.165, 1.54) is 11.8 Å². The molecular weight excluding hydrogens is 420 g/mol. The molecule has 2 aromatic heterocycles. The van der Waals surface area contributed by atoms with E-state index in [4.69, 9.17) is 4.42 Å². The molecule has 1 amide bonds. The molecule has 6 nitrogen and oxygen atoms in total. The molecule has 4 aromatic rings. The Hall–Kier alpha value is -3.32. The minimum absolute atomic E-state index is 0.0629. The van der Waals surface area contributed by atoms with Crippen LogP contribution >= 0.6 is 11.8 Å². The topological polar surface area (TPSA) is 64.2 Å². The normalized spacial score (nSPS) is 11.9. The van der Waals surface area contributed by atoms with Crippen molar-refractivity contribution >= 4 is 17.7 Å². The minimum atomic E-state index is -0.318. The van der Waals surface area contributed by atoms with Crippen molar-refractivity contribution in [2.75, 3.05) is 0 Å². The summed E-state index contributed by atoms with van der Waals surface area (Å²) in [5.41, 5.74) is 2.21. The second-order valence-corrected chi connectivity index (χ2v) is 8.76. The van der Waals surface area contributed by atoms with Crippen LogP contribution in [0.25, 0.3) is 11.6 Å². The van der Waals surface area contributed by atoms with Crippen molar-refractivity contribution in [3.8, 4) is 11.6 Å². The number of carbonyl (C=O) groups excluding carboxylic acids is 1. The zero-order valence-corrected chi connectivity index (χ0v) is 19.0. The number of hydrogen-bond acceptors (Lipinski definition) is 5. The summed E-state index contributed by atoms with van der Waals surface area (Å²) >= 11 is 1.43. The van der Waals surface area contributed by atoms with Crippen LogP contribution in [0.3, 0.4) is 0 Å². The quantitative estimate of drug-likeness (QED) is 0.328. The Labute approximate surface area is 192 Å².